The Labute approximate surface area is 155 Å². The summed E-state index contributed by atoms with van der Waals surface area (Å²) in [6.07, 6.45) is 2.52. The second kappa shape index (κ2) is 8.26. The van der Waals surface area contributed by atoms with Crippen LogP contribution >= 0.6 is 0 Å². The Hall–Kier alpha value is -2.49. The number of aromatic nitrogens is 1. The van der Waals surface area contributed by atoms with E-state index in [0.29, 0.717) is 23.9 Å². The Balaban J connectivity index is 2.00. The van der Waals surface area contributed by atoms with Gasteiger partial charge in [-0.05, 0) is 65.5 Å². The third-order valence-corrected chi connectivity index (χ3v) is 4.60. The molecule has 142 valence electrons. The quantitative estimate of drug-likeness (QED) is 0.827. The summed E-state index contributed by atoms with van der Waals surface area (Å²) in [5.41, 5.74) is 0.0149. The summed E-state index contributed by atoms with van der Waals surface area (Å²) in [6, 6.07) is 5.84. The van der Waals surface area contributed by atoms with E-state index in [1.165, 1.54) is 0 Å². The molecular weight excluding hydrogens is 332 g/mol. The van der Waals surface area contributed by atoms with Gasteiger partial charge in [-0.25, -0.2) is 4.79 Å². The summed E-state index contributed by atoms with van der Waals surface area (Å²) in [7, 11) is 0. The normalized spacial score (nSPS) is 20.1. The van der Waals surface area contributed by atoms with Crippen molar-refractivity contribution in [1.82, 2.24) is 9.88 Å². The highest BCUT2D eigenvalue weighted by molar-refractivity contribution is 5.66. The number of amides is 1. The molecule has 1 saturated carbocycles. The average molecular weight is 360 g/mol. The molecule has 1 aromatic rings. The van der Waals surface area contributed by atoms with Crippen molar-refractivity contribution in [2.75, 3.05) is 11.9 Å². The summed E-state index contributed by atoms with van der Waals surface area (Å²) >= 11 is 0. The number of hydrogen-bond donors (Lipinski definition) is 2. The predicted molar refractivity (Wildman–Crippen MR) is 99.4 cm³/mol. The first-order chi connectivity index (χ1) is 12.3. The van der Waals surface area contributed by atoms with Gasteiger partial charge < -0.3 is 20.1 Å². The van der Waals surface area contributed by atoms with Crippen molar-refractivity contribution in [2.45, 2.75) is 71.0 Å². The first kappa shape index (κ1) is 19.8. The van der Waals surface area contributed by atoms with Gasteiger partial charge in [0.2, 0.25) is 5.88 Å². The molecule has 0 radical (unpaired) electrons. The van der Waals surface area contributed by atoms with Gasteiger partial charge in [0.1, 0.15) is 17.5 Å². The van der Waals surface area contributed by atoms with E-state index in [2.05, 4.69) is 16.4 Å². The molecule has 0 spiro atoms. The van der Waals surface area contributed by atoms with Crippen LogP contribution in [0.1, 0.15) is 58.9 Å². The third-order valence-electron chi connectivity index (χ3n) is 4.60. The van der Waals surface area contributed by atoms with Crippen molar-refractivity contribution in [3.8, 4) is 11.9 Å². The molecule has 1 aliphatic carbocycles. The molecule has 0 unspecified atom stereocenters. The lowest BCUT2D eigenvalue weighted by Crippen LogP contribution is -2.52. The molecule has 0 bridgehead atoms. The van der Waals surface area contributed by atoms with Crippen molar-refractivity contribution < 1.29 is 14.6 Å². The molecule has 2 rings (SSSR count). The second-order valence-corrected chi connectivity index (χ2v) is 7.57. The number of rotatable bonds is 5. The molecule has 0 saturated heterocycles. The molecule has 0 aromatic carbocycles. The maximum absolute atomic E-state index is 11.6. The molecule has 7 nitrogen and oxygen atoms in total. The van der Waals surface area contributed by atoms with Crippen LogP contribution in [-0.4, -0.2) is 45.3 Å². The van der Waals surface area contributed by atoms with Gasteiger partial charge >= 0.3 is 6.09 Å². The Morgan fingerprint density at radius 2 is 2.04 bits per heavy atom. The summed E-state index contributed by atoms with van der Waals surface area (Å²) in [6.45, 7) is 8.10. The number of ether oxygens (including phenoxy) is 1. The van der Waals surface area contributed by atoms with Crippen LogP contribution in [0.25, 0.3) is 0 Å². The Bertz CT molecular complexity index is 670. The fourth-order valence-electron chi connectivity index (χ4n) is 3.53. The van der Waals surface area contributed by atoms with Crippen LogP contribution in [0, 0.1) is 11.3 Å². The Morgan fingerprint density at radius 3 is 2.54 bits per heavy atom. The number of anilines is 1. The molecule has 1 heterocycles. The lowest BCUT2D eigenvalue weighted by Gasteiger charge is -2.42. The van der Waals surface area contributed by atoms with E-state index < -0.39 is 11.6 Å². The van der Waals surface area contributed by atoms with E-state index in [0.717, 1.165) is 25.7 Å². The van der Waals surface area contributed by atoms with E-state index in [9.17, 15) is 9.90 Å². The number of nitrogens with zero attached hydrogens (tertiary/aromatic N) is 3. The van der Waals surface area contributed by atoms with Gasteiger partial charge in [-0.2, -0.15) is 10.2 Å². The lowest BCUT2D eigenvalue weighted by molar-refractivity contribution is 0.0556. The number of nitrogens with one attached hydrogen (secondary N) is 1. The summed E-state index contributed by atoms with van der Waals surface area (Å²) in [5.74, 6) is 1.03. The fraction of sp³-hybridized carbons (Fsp3) is 0.632. The second-order valence-electron chi connectivity index (χ2n) is 7.57. The van der Waals surface area contributed by atoms with Crippen LogP contribution in [0.2, 0.25) is 0 Å². The molecule has 1 aliphatic rings. The van der Waals surface area contributed by atoms with E-state index in [1.54, 1.807) is 17.0 Å². The van der Waals surface area contributed by atoms with Crippen LogP contribution in [0.4, 0.5) is 10.6 Å². The van der Waals surface area contributed by atoms with Crippen molar-refractivity contribution in [3.05, 3.63) is 17.7 Å². The first-order valence-electron chi connectivity index (χ1n) is 9.09. The average Bonchev–Trinajstić information content (AvgIpc) is 2.55. The maximum Gasteiger partial charge on any atom is 0.407 e. The zero-order valence-corrected chi connectivity index (χ0v) is 16.0. The lowest BCUT2D eigenvalue weighted by atomic mass is 9.88. The summed E-state index contributed by atoms with van der Waals surface area (Å²) < 4.78 is 5.42. The first-order valence-corrected chi connectivity index (χ1v) is 9.09. The van der Waals surface area contributed by atoms with Crippen molar-refractivity contribution in [1.29, 1.82) is 5.26 Å². The number of carboxylic acid groups (broad SMARTS) is 1. The zero-order chi connectivity index (χ0) is 19.3. The van der Waals surface area contributed by atoms with Crippen molar-refractivity contribution in [3.63, 3.8) is 0 Å². The monoisotopic (exact) mass is 360 g/mol. The molecule has 7 heteroatoms. The molecule has 0 aliphatic heterocycles. The van der Waals surface area contributed by atoms with Crippen LogP contribution in [0.5, 0.6) is 5.88 Å². The Morgan fingerprint density at radius 1 is 1.38 bits per heavy atom. The topological polar surface area (TPSA) is 98.5 Å². The van der Waals surface area contributed by atoms with Crippen LogP contribution in [0.15, 0.2) is 12.1 Å². The van der Waals surface area contributed by atoms with E-state index >= 15 is 0 Å². The molecule has 1 aromatic heterocycles. The molecule has 0 atom stereocenters. The molecule has 2 N–H and O–H groups in total. The highest BCUT2D eigenvalue weighted by Crippen LogP contribution is 2.30. The van der Waals surface area contributed by atoms with Gasteiger partial charge in [0.25, 0.3) is 0 Å². The third kappa shape index (κ3) is 4.78. The van der Waals surface area contributed by atoms with Gasteiger partial charge in [0.05, 0.1) is 6.61 Å². The van der Waals surface area contributed by atoms with E-state index in [1.807, 2.05) is 27.7 Å². The van der Waals surface area contributed by atoms with Crippen LogP contribution < -0.4 is 10.1 Å². The van der Waals surface area contributed by atoms with Gasteiger partial charge in [0, 0.05) is 17.6 Å². The minimum atomic E-state index is -0.857. The number of pyridine rings is 1. The van der Waals surface area contributed by atoms with Crippen LogP contribution in [0.3, 0.4) is 0 Å². The highest BCUT2D eigenvalue weighted by atomic mass is 16.5. The molecule has 26 heavy (non-hydrogen) atoms. The summed E-state index contributed by atoms with van der Waals surface area (Å²) in [4.78, 5) is 17.6. The molecule has 1 amide bonds. The highest BCUT2D eigenvalue weighted by Gasteiger charge is 2.35. The van der Waals surface area contributed by atoms with E-state index in [4.69, 9.17) is 10.00 Å². The molecular formula is C19H28N4O3. The SMILES string of the molecule is CCOc1nc(NC2CCC(N(C(=O)O)C(C)(C)C)CC2)ccc1C#N. The van der Waals surface area contributed by atoms with Gasteiger partial charge in [-0.1, -0.05) is 0 Å². The predicted octanol–water partition coefficient (Wildman–Crippen LogP) is 3.85. The number of hydrogen-bond acceptors (Lipinski definition) is 5. The smallest absolute Gasteiger partial charge is 0.407 e. The largest absolute Gasteiger partial charge is 0.477 e. The number of carbonyl (C=O) groups is 1. The fourth-order valence-corrected chi connectivity index (χ4v) is 3.53. The standard InChI is InChI=1S/C19H28N4O3/c1-5-26-17-13(12-20)6-11-16(22-17)21-14-7-9-15(10-8-14)23(18(24)25)19(2,3)4/h6,11,14-15H,5,7-10H2,1-4H3,(H,21,22)(H,24,25). The van der Waals surface area contributed by atoms with Crippen LogP contribution in [-0.2, 0) is 0 Å². The molecule has 1 fully saturated rings. The summed E-state index contributed by atoms with van der Waals surface area (Å²) in [5, 5.41) is 22.1. The van der Waals surface area contributed by atoms with Crippen molar-refractivity contribution >= 4 is 11.9 Å². The Kier molecular flexibility index (Phi) is 6.30. The maximum atomic E-state index is 11.6. The minimum absolute atomic E-state index is 0.0402. The van der Waals surface area contributed by atoms with Crippen molar-refractivity contribution in [2.24, 2.45) is 0 Å². The van der Waals surface area contributed by atoms with Gasteiger partial charge in [-0.15, -0.1) is 0 Å². The van der Waals surface area contributed by atoms with Gasteiger partial charge in [0.15, 0.2) is 0 Å². The van der Waals surface area contributed by atoms with Gasteiger partial charge in [-0.3, -0.25) is 0 Å². The zero-order valence-electron chi connectivity index (χ0n) is 16.0. The van der Waals surface area contributed by atoms with E-state index in [-0.39, 0.29) is 12.1 Å². The minimum Gasteiger partial charge on any atom is -0.477 e. The number of nitriles is 1.